The Balaban J connectivity index is 1.83. The van der Waals surface area contributed by atoms with Gasteiger partial charge in [-0.2, -0.15) is 0 Å². The maximum atomic E-state index is 10.4. The van der Waals surface area contributed by atoms with Crippen molar-refractivity contribution >= 4 is 17.9 Å². The first-order valence-corrected chi connectivity index (χ1v) is 8.01. The number of hydrogen-bond donors (Lipinski definition) is 0. The largest absolute Gasteiger partial charge is 0.303 e. The van der Waals surface area contributed by atoms with Gasteiger partial charge in [0.25, 0.3) is 0 Å². The molecule has 0 spiro atoms. The smallest absolute Gasteiger partial charge is 0.119 e. The topological polar surface area (TPSA) is 17.1 Å². The first kappa shape index (κ1) is 14.3. The number of alkyl halides is 1. The van der Waals surface area contributed by atoms with Crippen LogP contribution >= 0.6 is 11.6 Å². The monoisotopic (exact) mass is 298 g/mol. The molecule has 1 unspecified atom stereocenters. The molecule has 108 valence electrons. The van der Waals surface area contributed by atoms with Crippen LogP contribution in [0.25, 0.3) is 11.1 Å². The van der Waals surface area contributed by atoms with Crippen LogP contribution in [0.3, 0.4) is 0 Å². The number of carbonyl (C=O) groups excluding carboxylic acids is 1. The van der Waals surface area contributed by atoms with Gasteiger partial charge < -0.3 is 4.79 Å². The minimum absolute atomic E-state index is 0.120. The van der Waals surface area contributed by atoms with Gasteiger partial charge in [0, 0.05) is 17.7 Å². The minimum atomic E-state index is 0.120. The van der Waals surface area contributed by atoms with Crippen molar-refractivity contribution in [2.24, 2.45) is 0 Å². The second kappa shape index (κ2) is 6.44. The van der Waals surface area contributed by atoms with E-state index in [4.69, 9.17) is 11.6 Å². The Hall–Kier alpha value is -1.60. The van der Waals surface area contributed by atoms with Crippen LogP contribution in [0.1, 0.15) is 42.7 Å². The van der Waals surface area contributed by atoms with E-state index in [0.29, 0.717) is 12.3 Å². The summed E-state index contributed by atoms with van der Waals surface area (Å²) in [5, 5.41) is 0.120. The third-order valence-electron chi connectivity index (χ3n) is 4.29. The summed E-state index contributed by atoms with van der Waals surface area (Å²) >= 11 is 6.51. The normalized spacial score (nSPS) is 14.5. The number of halogens is 1. The van der Waals surface area contributed by atoms with Gasteiger partial charge in [-0.15, -0.1) is 11.6 Å². The average Bonchev–Trinajstić information content (AvgIpc) is 2.83. The summed E-state index contributed by atoms with van der Waals surface area (Å²) in [6.07, 6.45) is 4.31. The zero-order valence-electron chi connectivity index (χ0n) is 12.0. The summed E-state index contributed by atoms with van der Waals surface area (Å²) in [6, 6.07) is 17.2. The lowest BCUT2D eigenvalue weighted by Crippen LogP contribution is -2.07. The van der Waals surface area contributed by atoms with Crippen molar-refractivity contribution in [3.05, 3.63) is 59.7 Å². The molecule has 21 heavy (non-hydrogen) atoms. The highest BCUT2D eigenvalue weighted by Gasteiger charge is 2.29. The zero-order valence-corrected chi connectivity index (χ0v) is 12.7. The number of hydrogen-bond acceptors (Lipinski definition) is 1. The van der Waals surface area contributed by atoms with E-state index in [1.807, 2.05) is 0 Å². The lowest BCUT2D eigenvalue weighted by Gasteiger charge is -2.17. The standard InChI is InChI=1S/C19H19ClO/c20-14(7-5-6-12-21)13-19-17-10-3-1-8-15(17)16-9-2-4-11-18(16)19/h1-4,8-12,14,19H,5-7,13H2. The van der Waals surface area contributed by atoms with Gasteiger partial charge >= 0.3 is 0 Å². The van der Waals surface area contributed by atoms with E-state index in [1.165, 1.54) is 22.3 Å². The zero-order chi connectivity index (χ0) is 14.7. The van der Waals surface area contributed by atoms with Gasteiger partial charge in [-0.1, -0.05) is 48.5 Å². The summed E-state index contributed by atoms with van der Waals surface area (Å²) in [6.45, 7) is 0. The summed E-state index contributed by atoms with van der Waals surface area (Å²) in [7, 11) is 0. The van der Waals surface area contributed by atoms with Gasteiger partial charge in [-0.3, -0.25) is 0 Å². The molecule has 2 heteroatoms. The van der Waals surface area contributed by atoms with Gasteiger partial charge in [0.05, 0.1) is 0 Å². The SMILES string of the molecule is O=CCCCC(Cl)CC1c2ccccc2-c2ccccc21. The number of carbonyl (C=O) groups is 1. The van der Waals surface area contributed by atoms with Crippen LogP contribution in [-0.4, -0.2) is 11.7 Å². The second-order valence-electron chi connectivity index (χ2n) is 5.66. The molecule has 1 aliphatic carbocycles. The fourth-order valence-corrected chi connectivity index (χ4v) is 3.64. The van der Waals surface area contributed by atoms with E-state index >= 15 is 0 Å². The Morgan fingerprint density at radius 1 is 1.00 bits per heavy atom. The van der Waals surface area contributed by atoms with E-state index in [2.05, 4.69) is 48.5 Å². The Kier molecular flexibility index (Phi) is 4.40. The van der Waals surface area contributed by atoms with E-state index in [-0.39, 0.29) is 5.38 Å². The van der Waals surface area contributed by atoms with Crippen molar-refractivity contribution in [2.45, 2.75) is 37.0 Å². The molecule has 0 N–H and O–H groups in total. The van der Waals surface area contributed by atoms with E-state index < -0.39 is 0 Å². The van der Waals surface area contributed by atoms with Gasteiger partial charge in [0.1, 0.15) is 6.29 Å². The predicted octanol–water partition coefficient (Wildman–Crippen LogP) is 5.17. The first-order chi connectivity index (χ1) is 10.3. The minimum Gasteiger partial charge on any atom is -0.303 e. The molecule has 0 amide bonds. The van der Waals surface area contributed by atoms with Crippen molar-refractivity contribution in [1.29, 1.82) is 0 Å². The molecule has 0 saturated carbocycles. The Bertz CT molecular complexity index is 589. The molecule has 3 rings (SSSR count). The summed E-state index contributed by atoms with van der Waals surface area (Å²) in [5.74, 6) is 0.385. The number of unbranched alkanes of at least 4 members (excludes halogenated alkanes) is 1. The Morgan fingerprint density at radius 3 is 2.14 bits per heavy atom. The number of aldehydes is 1. The highest BCUT2D eigenvalue weighted by Crippen LogP contribution is 2.47. The lowest BCUT2D eigenvalue weighted by molar-refractivity contribution is -0.107. The summed E-state index contributed by atoms with van der Waals surface area (Å²) in [4.78, 5) is 10.4. The molecular weight excluding hydrogens is 280 g/mol. The quantitative estimate of drug-likeness (QED) is 0.409. The maximum Gasteiger partial charge on any atom is 0.119 e. The first-order valence-electron chi connectivity index (χ1n) is 7.57. The molecule has 0 radical (unpaired) electrons. The Labute approximate surface area is 131 Å². The molecule has 0 fully saturated rings. The molecular formula is C19H19ClO. The number of rotatable bonds is 6. The molecule has 2 aromatic carbocycles. The van der Waals surface area contributed by atoms with Gasteiger partial charge in [-0.05, 0) is 41.5 Å². The lowest BCUT2D eigenvalue weighted by atomic mass is 9.91. The van der Waals surface area contributed by atoms with Gasteiger partial charge in [0.2, 0.25) is 0 Å². The van der Waals surface area contributed by atoms with E-state index in [0.717, 1.165) is 25.5 Å². The highest BCUT2D eigenvalue weighted by molar-refractivity contribution is 6.20. The molecule has 0 bridgehead atoms. The second-order valence-corrected chi connectivity index (χ2v) is 6.27. The summed E-state index contributed by atoms with van der Waals surface area (Å²) < 4.78 is 0. The molecule has 0 aliphatic heterocycles. The van der Waals surface area contributed by atoms with Crippen LogP contribution in [-0.2, 0) is 4.79 Å². The van der Waals surface area contributed by atoms with Crippen LogP contribution in [0.5, 0.6) is 0 Å². The molecule has 0 heterocycles. The van der Waals surface area contributed by atoms with E-state index in [9.17, 15) is 4.79 Å². The van der Waals surface area contributed by atoms with Crippen LogP contribution < -0.4 is 0 Å². The van der Waals surface area contributed by atoms with Crippen LogP contribution in [0.2, 0.25) is 0 Å². The fraction of sp³-hybridized carbons (Fsp3) is 0.316. The van der Waals surface area contributed by atoms with Crippen molar-refractivity contribution in [3.63, 3.8) is 0 Å². The highest BCUT2D eigenvalue weighted by atomic mass is 35.5. The maximum absolute atomic E-state index is 10.4. The third kappa shape index (κ3) is 2.89. The third-order valence-corrected chi connectivity index (χ3v) is 4.69. The van der Waals surface area contributed by atoms with Crippen molar-refractivity contribution in [3.8, 4) is 11.1 Å². The predicted molar refractivity (Wildman–Crippen MR) is 87.9 cm³/mol. The van der Waals surface area contributed by atoms with Crippen molar-refractivity contribution in [1.82, 2.24) is 0 Å². The van der Waals surface area contributed by atoms with Gasteiger partial charge in [-0.25, -0.2) is 0 Å². The van der Waals surface area contributed by atoms with Crippen molar-refractivity contribution in [2.75, 3.05) is 0 Å². The molecule has 0 aromatic heterocycles. The molecule has 2 aromatic rings. The fourth-order valence-electron chi connectivity index (χ4n) is 3.31. The molecule has 1 atom stereocenters. The van der Waals surface area contributed by atoms with Crippen LogP contribution in [0.15, 0.2) is 48.5 Å². The number of fused-ring (bicyclic) bond motifs is 3. The number of benzene rings is 2. The van der Waals surface area contributed by atoms with Crippen LogP contribution in [0.4, 0.5) is 0 Å². The van der Waals surface area contributed by atoms with Crippen molar-refractivity contribution < 1.29 is 4.79 Å². The molecule has 1 aliphatic rings. The summed E-state index contributed by atoms with van der Waals surface area (Å²) in [5.41, 5.74) is 5.46. The molecule has 1 nitrogen and oxygen atoms in total. The average molecular weight is 299 g/mol. The van der Waals surface area contributed by atoms with Gasteiger partial charge in [0.15, 0.2) is 0 Å². The van der Waals surface area contributed by atoms with Crippen LogP contribution in [0, 0.1) is 0 Å². The Morgan fingerprint density at radius 2 is 1.57 bits per heavy atom. The molecule has 0 saturated heterocycles. The van der Waals surface area contributed by atoms with E-state index in [1.54, 1.807) is 0 Å².